The van der Waals surface area contributed by atoms with Crippen molar-refractivity contribution >= 4 is 22.9 Å². The van der Waals surface area contributed by atoms with Gasteiger partial charge >= 0.3 is 0 Å². The molecule has 1 amide bonds. The van der Waals surface area contributed by atoms with Gasteiger partial charge in [-0.15, -0.1) is 11.3 Å². The van der Waals surface area contributed by atoms with E-state index < -0.39 is 0 Å². The summed E-state index contributed by atoms with van der Waals surface area (Å²) in [7, 11) is 1.64. The third kappa shape index (κ3) is 3.53. The molecule has 6 heteroatoms. The zero-order chi connectivity index (χ0) is 18.8. The van der Waals surface area contributed by atoms with Crippen LogP contribution in [0.2, 0.25) is 0 Å². The fourth-order valence-corrected chi connectivity index (χ4v) is 3.98. The SMILES string of the molecule is CCOc1ccc(-c2nc(-c3ccc4c(c3)CCC(=O)N4)cs2)cc1OC. The minimum absolute atomic E-state index is 0.0793. The standard InChI is InChI=1S/C21H20N2O3S/c1-3-26-18-8-5-15(11-19(18)25-2)21-23-17(12-27-21)14-4-7-16-13(10-14)6-9-20(24)22-16/h4-5,7-8,10-12H,3,6,9H2,1-2H3,(H,22,24). The van der Waals surface area contributed by atoms with Crippen molar-refractivity contribution in [2.24, 2.45) is 0 Å². The molecule has 0 fully saturated rings. The van der Waals surface area contributed by atoms with Gasteiger partial charge in [0.15, 0.2) is 11.5 Å². The summed E-state index contributed by atoms with van der Waals surface area (Å²) in [6.07, 6.45) is 1.30. The van der Waals surface area contributed by atoms with Crippen LogP contribution in [-0.4, -0.2) is 24.6 Å². The molecule has 4 rings (SSSR count). The van der Waals surface area contributed by atoms with E-state index in [-0.39, 0.29) is 5.91 Å². The quantitative estimate of drug-likeness (QED) is 0.693. The van der Waals surface area contributed by atoms with Gasteiger partial charge in [-0.1, -0.05) is 6.07 Å². The molecule has 0 bridgehead atoms. The summed E-state index contributed by atoms with van der Waals surface area (Å²) in [5, 5.41) is 5.90. The van der Waals surface area contributed by atoms with Gasteiger partial charge in [0.25, 0.3) is 0 Å². The van der Waals surface area contributed by atoms with Crippen molar-refractivity contribution < 1.29 is 14.3 Å². The Kier molecular flexibility index (Phi) is 4.81. The number of rotatable bonds is 5. The van der Waals surface area contributed by atoms with Crippen LogP contribution in [0.1, 0.15) is 18.9 Å². The molecule has 0 saturated carbocycles. The number of hydrogen-bond acceptors (Lipinski definition) is 5. The Morgan fingerprint density at radius 1 is 1.11 bits per heavy atom. The van der Waals surface area contributed by atoms with E-state index in [9.17, 15) is 4.79 Å². The van der Waals surface area contributed by atoms with E-state index in [1.54, 1.807) is 18.4 Å². The van der Waals surface area contributed by atoms with Gasteiger partial charge in [0, 0.05) is 28.6 Å². The average molecular weight is 380 g/mol. The molecule has 27 heavy (non-hydrogen) atoms. The van der Waals surface area contributed by atoms with E-state index in [0.717, 1.165) is 45.2 Å². The Hall–Kier alpha value is -2.86. The molecular formula is C21H20N2O3S. The molecule has 138 valence electrons. The monoisotopic (exact) mass is 380 g/mol. The number of ether oxygens (including phenoxy) is 2. The maximum Gasteiger partial charge on any atom is 0.224 e. The zero-order valence-electron chi connectivity index (χ0n) is 15.2. The number of carbonyl (C=O) groups excluding carboxylic acids is 1. The zero-order valence-corrected chi connectivity index (χ0v) is 16.1. The lowest BCUT2D eigenvalue weighted by Crippen LogP contribution is -2.18. The summed E-state index contributed by atoms with van der Waals surface area (Å²) < 4.78 is 11.0. The van der Waals surface area contributed by atoms with Crippen molar-refractivity contribution in [3.63, 3.8) is 0 Å². The predicted octanol–water partition coefficient (Wildman–Crippen LogP) is 4.77. The van der Waals surface area contributed by atoms with E-state index in [0.29, 0.717) is 18.8 Å². The lowest BCUT2D eigenvalue weighted by atomic mass is 9.99. The number of benzene rings is 2. The number of nitrogens with zero attached hydrogens (tertiary/aromatic N) is 1. The smallest absolute Gasteiger partial charge is 0.224 e. The van der Waals surface area contributed by atoms with Crippen LogP contribution < -0.4 is 14.8 Å². The van der Waals surface area contributed by atoms with E-state index in [4.69, 9.17) is 14.5 Å². The number of thiazole rings is 1. The second-order valence-corrected chi connectivity index (χ2v) is 7.11. The van der Waals surface area contributed by atoms with Gasteiger partial charge in [-0.25, -0.2) is 4.98 Å². The molecule has 3 aromatic rings. The number of anilines is 1. The first kappa shape index (κ1) is 17.5. The maximum absolute atomic E-state index is 11.5. The van der Waals surface area contributed by atoms with Crippen molar-refractivity contribution in [3.8, 4) is 33.3 Å². The van der Waals surface area contributed by atoms with Gasteiger partial charge in [0.1, 0.15) is 5.01 Å². The molecule has 1 aromatic heterocycles. The molecule has 5 nitrogen and oxygen atoms in total. The van der Waals surface area contributed by atoms with Gasteiger partial charge in [-0.05, 0) is 49.2 Å². The molecule has 2 aromatic carbocycles. The highest BCUT2D eigenvalue weighted by Crippen LogP contribution is 2.36. The van der Waals surface area contributed by atoms with Gasteiger partial charge < -0.3 is 14.8 Å². The van der Waals surface area contributed by atoms with Crippen molar-refractivity contribution in [1.82, 2.24) is 4.98 Å². The van der Waals surface area contributed by atoms with Gasteiger partial charge in [-0.2, -0.15) is 0 Å². The number of fused-ring (bicyclic) bond motifs is 1. The normalized spacial score (nSPS) is 13.0. The highest BCUT2D eigenvalue weighted by Gasteiger charge is 2.16. The molecule has 1 aliphatic heterocycles. The molecule has 0 radical (unpaired) electrons. The first-order valence-electron chi connectivity index (χ1n) is 8.88. The number of methoxy groups -OCH3 is 1. The van der Waals surface area contributed by atoms with Crippen LogP contribution >= 0.6 is 11.3 Å². The van der Waals surface area contributed by atoms with Crippen molar-refractivity contribution in [1.29, 1.82) is 0 Å². The number of hydrogen-bond donors (Lipinski definition) is 1. The predicted molar refractivity (Wildman–Crippen MR) is 108 cm³/mol. The topological polar surface area (TPSA) is 60.5 Å². The number of nitrogens with one attached hydrogen (secondary N) is 1. The largest absolute Gasteiger partial charge is 0.493 e. The fraction of sp³-hybridized carbons (Fsp3) is 0.238. The maximum atomic E-state index is 11.5. The molecule has 1 aliphatic rings. The van der Waals surface area contributed by atoms with Gasteiger partial charge in [0.05, 0.1) is 19.4 Å². The Morgan fingerprint density at radius 3 is 2.78 bits per heavy atom. The van der Waals surface area contributed by atoms with Crippen LogP contribution in [0.15, 0.2) is 41.8 Å². The Labute approximate surface area is 162 Å². The minimum atomic E-state index is 0.0793. The molecular weight excluding hydrogens is 360 g/mol. The van der Waals surface area contributed by atoms with Crippen LogP contribution in [0.4, 0.5) is 5.69 Å². The van der Waals surface area contributed by atoms with Crippen molar-refractivity contribution in [2.45, 2.75) is 19.8 Å². The number of carbonyl (C=O) groups is 1. The number of aryl methyl sites for hydroxylation is 1. The molecule has 1 N–H and O–H groups in total. The third-order valence-corrected chi connectivity index (χ3v) is 5.40. The van der Waals surface area contributed by atoms with Crippen LogP contribution in [0.25, 0.3) is 21.8 Å². The molecule has 0 spiro atoms. The molecule has 0 atom stereocenters. The minimum Gasteiger partial charge on any atom is -0.493 e. The number of amides is 1. The summed E-state index contributed by atoms with van der Waals surface area (Å²) in [6, 6.07) is 11.9. The highest BCUT2D eigenvalue weighted by molar-refractivity contribution is 7.13. The first-order valence-corrected chi connectivity index (χ1v) is 9.75. The summed E-state index contributed by atoms with van der Waals surface area (Å²) in [4.78, 5) is 16.3. The fourth-order valence-electron chi connectivity index (χ4n) is 3.16. The van der Waals surface area contributed by atoms with Crippen LogP contribution in [-0.2, 0) is 11.2 Å². The van der Waals surface area contributed by atoms with Gasteiger partial charge in [-0.3, -0.25) is 4.79 Å². The van der Waals surface area contributed by atoms with E-state index in [1.165, 1.54) is 0 Å². The van der Waals surface area contributed by atoms with E-state index >= 15 is 0 Å². The molecule has 2 heterocycles. The summed E-state index contributed by atoms with van der Waals surface area (Å²) in [5.41, 5.74) is 5.05. The molecule has 0 aliphatic carbocycles. The Bertz CT molecular complexity index is 997. The van der Waals surface area contributed by atoms with Gasteiger partial charge in [0.2, 0.25) is 5.91 Å². The van der Waals surface area contributed by atoms with E-state index in [2.05, 4.69) is 16.8 Å². The second-order valence-electron chi connectivity index (χ2n) is 6.26. The van der Waals surface area contributed by atoms with Crippen molar-refractivity contribution in [3.05, 3.63) is 47.3 Å². The summed E-state index contributed by atoms with van der Waals surface area (Å²) >= 11 is 1.60. The van der Waals surface area contributed by atoms with Crippen LogP contribution in [0, 0.1) is 0 Å². The Morgan fingerprint density at radius 2 is 1.96 bits per heavy atom. The first-order chi connectivity index (χ1) is 13.2. The summed E-state index contributed by atoms with van der Waals surface area (Å²) in [5.74, 6) is 1.52. The van der Waals surface area contributed by atoms with E-state index in [1.807, 2.05) is 37.3 Å². The van der Waals surface area contributed by atoms with Crippen molar-refractivity contribution in [2.75, 3.05) is 19.0 Å². The lowest BCUT2D eigenvalue weighted by Gasteiger charge is -2.17. The Balaban J connectivity index is 1.63. The second kappa shape index (κ2) is 7.40. The summed E-state index contributed by atoms with van der Waals surface area (Å²) in [6.45, 7) is 2.54. The average Bonchev–Trinajstić information content (AvgIpc) is 3.18. The third-order valence-electron chi connectivity index (χ3n) is 4.51. The number of aromatic nitrogens is 1. The molecule has 0 saturated heterocycles. The van der Waals surface area contributed by atoms with Crippen LogP contribution in [0.5, 0.6) is 11.5 Å². The highest BCUT2D eigenvalue weighted by atomic mass is 32.1. The van der Waals surface area contributed by atoms with Crippen LogP contribution in [0.3, 0.4) is 0 Å². The lowest BCUT2D eigenvalue weighted by molar-refractivity contribution is -0.116. The molecule has 0 unspecified atom stereocenters.